The van der Waals surface area contributed by atoms with Gasteiger partial charge in [-0.3, -0.25) is 0 Å². The molecule has 2 rings (SSSR count). The molecule has 0 spiro atoms. The molecule has 1 aromatic rings. The van der Waals surface area contributed by atoms with Gasteiger partial charge in [-0.2, -0.15) is 0 Å². The highest BCUT2D eigenvalue weighted by Gasteiger charge is 2.33. The maximum absolute atomic E-state index is 11.7. The molecule has 2 heterocycles. The summed E-state index contributed by atoms with van der Waals surface area (Å²) >= 11 is 5.81. The smallest absolute Gasteiger partial charge is 0.360 e. The van der Waals surface area contributed by atoms with E-state index >= 15 is 0 Å². The Bertz CT molecular complexity index is 584. The highest BCUT2D eigenvalue weighted by atomic mass is 35.5. The standard InChI is InChI=1S/C10H14ClN3O4S/c1-2-18-10(15)9-8(5-11)14(13-12-9)7-3-4-19(16,17)6-7/h7H,2-6H2,1H3. The molecule has 1 atom stereocenters. The molecule has 1 fully saturated rings. The fourth-order valence-corrected chi connectivity index (χ4v) is 4.00. The molecular formula is C10H14ClN3O4S. The van der Waals surface area contributed by atoms with Crippen molar-refractivity contribution in [1.82, 2.24) is 15.0 Å². The first-order chi connectivity index (χ1) is 8.98. The van der Waals surface area contributed by atoms with Crippen LogP contribution >= 0.6 is 11.6 Å². The molecule has 7 nitrogen and oxygen atoms in total. The number of nitrogens with zero attached hydrogens (tertiary/aromatic N) is 3. The Morgan fingerprint density at radius 3 is 2.84 bits per heavy atom. The Morgan fingerprint density at radius 2 is 2.32 bits per heavy atom. The molecule has 0 saturated carbocycles. The van der Waals surface area contributed by atoms with Gasteiger partial charge in [0.1, 0.15) is 0 Å². The van der Waals surface area contributed by atoms with Crippen LogP contribution in [0.3, 0.4) is 0 Å². The van der Waals surface area contributed by atoms with Gasteiger partial charge in [0.05, 0.1) is 35.7 Å². The molecular weight excluding hydrogens is 294 g/mol. The maximum atomic E-state index is 11.7. The third-order valence-electron chi connectivity index (χ3n) is 2.94. The van der Waals surface area contributed by atoms with Gasteiger partial charge in [0.2, 0.25) is 0 Å². The van der Waals surface area contributed by atoms with E-state index < -0.39 is 15.8 Å². The Kier molecular flexibility index (Phi) is 4.10. The van der Waals surface area contributed by atoms with Crippen molar-refractivity contribution in [3.63, 3.8) is 0 Å². The van der Waals surface area contributed by atoms with Gasteiger partial charge in [0.25, 0.3) is 0 Å². The van der Waals surface area contributed by atoms with Crippen LogP contribution in [0.25, 0.3) is 0 Å². The van der Waals surface area contributed by atoms with Crippen molar-refractivity contribution in [2.45, 2.75) is 25.3 Å². The molecule has 1 aliphatic heterocycles. The first-order valence-corrected chi connectivity index (χ1v) is 8.21. The fraction of sp³-hybridized carbons (Fsp3) is 0.700. The quantitative estimate of drug-likeness (QED) is 0.596. The lowest BCUT2D eigenvalue weighted by atomic mass is 10.2. The summed E-state index contributed by atoms with van der Waals surface area (Å²) in [4.78, 5) is 11.7. The van der Waals surface area contributed by atoms with Crippen LogP contribution in [0.4, 0.5) is 0 Å². The molecule has 1 saturated heterocycles. The summed E-state index contributed by atoms with van der Waals surface area (Å²) in [5, 5.41) is 7.61. The summed E-state index contributed by atoms with van der Waals surface area (Å²) in [6.07, 6.45) is 0.456. The zero-order valence-electron chi connectivity index (χ0n) is 10.4. The number of aromatic nitrogens is 3. The predicted molar refractivity (Wildman–Crippen MR) is 67.8 cm³/mol. The van der Waals surface area contributed by atoms with E-state index in [9.17, 15) is 13.2 Å². The Hall–Kier alpha value is -1.15. The molecule has 0 N–H and O–H groups in total. The number of alkyl halides is 1. The first kappa shape index (κ1) is 14.3. The lowest BCUT2D eigenvalue weighted by Gasteiger charge is -2.10. The molecule has 1 aliphatic rings. The van der Waals surface area contributed by atoms with E-state index in [2.05, 4.69) is 10.3 Å². The summed E-state index contributed by atoms with van der Waals surface area (Å²) < 4.78 is 29.2. The fourth-order valence-electron chi connectivity index (χ4n) is 2.06. The number of hydrogen-bond acceptors (Lipinski definition) is 6. The van der Waals surface area contributed by atoms with Crippen LogP contribution in [0.5, 0.6) is 0 Å². The average molecular weight is 308 g/mol. The van der Waals surface area contributed by atoms with E-state index in [0.717, 1.165) is 0 Å². The van der Waals surface area contributed by atoms with Crippen LogP contribution in [-0.4, -0.2) is 47.5 Å². The number of rotatable bonds is 4. The van der Waals surface area contributed by atoms with E-state index in [0.29, 0.717) is 12.1 Å². The summed E-state index contributed by atoms with van der Waals surface area (Å²) in [7, 11) is -3.04. The molecule has 0 aliphatic carbocycles. The number of carbonyl (C=O) groups excluding carboxylic acids is 1. The van der Waals surface area contributed by atoms with E-state index in [1.807, 2.05) is 0 Å². The van der Waals surface area contributed by atoms with Gasteiger partial charge in [0.15, 0.2) is 15.5 Å². The van der Waals surface area contributed by atoms with Gasteiger partial charge in [-0.15, -0.1) is 16.7 Å². The van der Waals surface area contributed by atoms with E-state index in [1.54, 1.807) is 6.92 Å². The Morgan fingerprint density at radius 1 is 1.58 bits per heavy atom. The van der Waals surface area contributed by atoms with Crippen LogP contribution in [0.2, 0.25) is 0 Å². The van der Waals surface area contributed by atoms with Crippen molar-refractivity contribution < 1.29 is 17.9 Å². The molecule has 19 heavy (non-hydrogen) atoms. The van der Waals surface area contributed by atoms with Crippen molar-refractivity contribution in [3.05, 3.63) is 11.4 Å². The molecule has 106 valence electrons. The number of halogens is 1. The lowest BCUT2D eigenvalue weighted by Crippen LogP contribution is -2.16. The zero-order valence-corrected chi connectivity index (χ0v) is 11.9. The van der Waals surface area contributed by atoms with Gasteiger partial charge in [0, 0.05) is 0 Å². The summed E-state index contributed by atoms with van der Waals surface area (Å²) in [6, 6.07) is -0.311. The number of sulfone groups is 1. The van der Waals surface area contributed by atoms with Crippen LogP contribution < -0.4 is 0 Å². The second kappa shape index (κ2) is 5.46. The molecule has 0 amide bonds. The second-order valence-electron chi connectivity index (χ2n) is 4.24. The Labute approximate surface area is 115 Å². The number of carbonyl (C=O) groups is 1. The average Bonchev–Trinajstić information content (AvgIpc) is 2.91. The van der Waals surface area contributed by atoms with Crippen LogP contribution in [0, 0.1) is 0 Å². The van der Waals surface area contributed by atoms with Crippen molar-refractivity contribution in [3.8, 4) is 0 Å². The predicted octanol–water partition coefficient (Wildman–Crippen LogP) is 0.553. The molecule has 0 aromatic carbocycles. The second-order valence-corrected chi connectivity index (χ2v) is 6.74. The Balaban J connectivity index is 2.30. The zero-order chi connectivity index (χ0) is 14.0. The topological polar surface area (TPSA) is 91.2 Å². The maximum Gasteiger partial charge on any atom is 0.360 e. The summed E-state index contributed by atoms with van der Waals surface area (Å²) in [5.74, 6) is -0.445. The van der Waals surface area contributed by atoms with E-state index in [-0.39, 0.29) is 35.7 Å². The van der Waals surface area contributed by atoms with Crippen LogP contribution in [-0.2, 0) is 20.5 Å². The molecule has 0 bridgehead atoms. The van der Waals surface area contributed by atoms with Crippen molar-refractivity contribution in [2.24, 2.45) is 0 Å². The minimum atomic E-state index is -3.04. The third-order valence-corrected chi connectivity index (χ3v) is 4.94. The van der Waals surface area contributed by atoms with Gasteiger partial charge in [-0.1, -0.05) is 5.21 Å². The highest BCUT2D eigenvalue weighted by Crippen LogP contribution is 2.25. The van der Waals surface area contributed by atoms with Crippen molar-refractivity contribution in [2.75, 3.05) is 18.1 Å². The van der Waals surface area contributed by atoms with Gasteiger partial charge >= 0.3 is 5.97 Å². The van der Waals surface area contributed by atoms with Crippen LogP contribution in [0.1, 0.15) is 35.6 Å². The van der Waals surface area contributed by atoms with Crippen molar-refractivity contribution in [1.29, 1.82) is 0 Å². The molecule has 0 radical (unpaired) electrons. The number of hydrogen-bond donors (Lipinski definition) is 0. The SMILES string of the molecule is CCOC(=O)c1nnn(C2CCS(=O)(=O)C2)c1CCl. The highest BCUT2D eigenvalue weighted by molar-refractivity contribution is 7.91. The number of ether oxygens (including phenoxy) is 1. The molecule has 9 heteroatoms. The monoisotopic (exact) mass is 307 g/mol. The minimum absolute atomic E-state index is 0.00249. The lowest BCUT2D eigenvalue weighted by molar-refractivity contribution is 0.0518. The molecule has 1 aromatic heterocycles. The summed E-state index contributed by atoms with van der Waals surface area (Å²) in [6.45, 7) is 1.91. The largest absolute Gasteiger partial charge is 0.461 e. The third kappa shape index (κ3) is 2.89. The van der Waals surface area contributed by atoms with Gasteiger partial charge in [-0.05, 0) is 13.3 Å². The normalized spacial score (nSPS) is 21.5. The van der Waals surface area contributed by atoms with Crippen LogP contribution in [0.15, 0.2) is 0 Å². The summed E-state index contributed by atoms with van der Waals surface area (Å²) in [5.41, 5.74) is 0.461. The minimum Gasteiger partial charge on any atom is -0.461 e. The van der Waals surface area contributed by atoms with Gasteiger partial charge < -0.3 is 4.74 Å². The first-order valence-electron chi connectivity index (χ1n) is 5.86. The van der Waals surface area contributed by atoms with Gasteiger partial charge in [-0.25, -0.2) is 17.9 Å². The molecule has 1 unspecified atom stereocenters. The van der Waals surface area contributed by atoms with E-state index in [1.165, 1.54) is 4.68 Å². The van der Waals surface area contributed by atoms with Crippen molar-refractivity contribution >= 4 is 27.4 Å². The van der Waals surface area contributed by atoms with E-state index in [4.69, 9.17) is 16.3 Å². The number of esters is 1.